The number of para-hydroxylation sites is 1. The van der Waals surface area contributed by atoms with Crippen LogP contribution in [0.15, 0.2) is 42.7 Å². The van der Waals surface area contributed by atoms with E-state index >= 15 is 0 Å². The molecular weight excluding hydrogens is 354 g/mol. The number of phenolic OH excluding ortho intramolecular Hbond substituents is 1. The van der Waals surface area contributed by atoms with Crippen molar-refractivity contribution in [1.29, 1.82) is 0 Å². The maximum absolute atomic E-state index is 10.1. The number of aromatic hydroxyl groups is 1. The lowest BCUT2D eigenvalue weighted by Gasteiger charge is -2.40. The lowest BCUT2D eigenvalue weighted by molar-refractivity contribution is 0.175. The Bertz CT molecular complexity index is 971. The highest BCUT2D eigenvalue weighted by Crippen LogP contribution is 2.32. The van der Waals surface area contributed by atoms with Crippen LogP contribution in [0.25, 0.3) is 11.3 Å². The maximum atomic E-state index is 10.1. The number of anilines is 2. The van der Waals surface area contributed by atoms with Gasteiger partial charge in [-0.15, -0.1) is 10.2 Å². The fourth-order valence-electron chi connectivity index (χ4n) is 3.65. The standard InChI is InChI=1S/C20H25N7O/c1-14-12-27(10-9-26(14)13-19-22-7-8-25(19)2)17-11-16(23-24-20(17)21)15-5-3-4-6-18(15)28/h3-8,11,14,28H,9-10,12-13H2,1-2H3,(H2,21,24)/t14-/m0/s1. The summed E-state index contributed by atoms with van der Waals surface area (Å²) in [4.78, 5) is 9.10. The minimum Gasteiger partial charge on any atom is -0.507 e. The second-order valence-electron chi connectivity index (χ2n) is 7.24. The van der Waals surface area contributed by atoms with Crippen LogP contribution in [0.1, 0.15) is 12.7 Å². The Morgan fingerprint density at radius 2 is 2.04 bits per heavy atom. The second kappa shape index (κ2) is 7.47. The quantitative estimate of drug-likeness (QED) is 0.714. The Hall–Kier alpha value is -3.13. The monoisotopic (exact) mass is 379 g/mol. The van der Waals surface area contributed by atoms with Gasteiger partial charge in [0.15, 0.2) is 5.82 Å². The normalized spacial score (nSPS) is 17.8. The SMILES string of the molecule is C[C@H]1CN(c2cc(-c3ccccc3O)nnc2N)CCN1Cc1nccn1C. The Labute approximate surface area is 164 Å². The Morgan fingerprint density at radius 1 is 1.21 bits per heavy atom. The molecule has 1 aromatic carbocycles. The molecule has 3 aromatic rings. The zero-order chi connectivity index (χ0) is 19.7. The summed E-state index contributed by atoms with van der Waals surface area (Å²) in [6.07, 6.45) is 3.81. The first-order valence-electron chi connectivity index (χ1n) is 9.39. The average molecular weight is 379 g/mol. The van der Waals surface area contributed by atoms with Crippen molar-refractivity contribution in [2.45, 2.75) is 19.5 Å². The number of benzene rings is 1. The number of rotatable bonds is 4. The number of nitrogen functional groups attached to an aromatic ring is 1. The topological polar surface area (TPSA) is 96.3 Å². The Kier molecular flexibility index (Phi) is 4.87. The van der Waals surface area contributed by atoms with Crippen LogP contribution in [-0.4, -0.2) is 55.4 Å². The van der Waals surface area contributed by atoms with Crippen molar-refractivity contribution >= 4 is 11.5 Å². The highest BCUT2D eigenvalue weighted by Gasteiger charge is 2.26. The van der Waals surface area contributed by atoms with E-state index in [2.05, 4.69) is 36.5 Å². The molecule has 0 amide bonds. The molecule has 1 aliphatic rings. The van der Waals surface area contributed by atoms with Gasteiger partial charge in [0, 0.05) is 50.7 Å². The van der Waals surface area contributed by atoms with E-state index in [-0.39, 0.29) is 5.75 Å². The third kappa shape index (κ3) is 3.50. The molecule has 0 unspecified atom stereocenters. The van der Waals surface area contributed by atoms with Gasteiger partial charge in [-0.3, -0.25) is 4.90 Å². The van der Waals surface area contributed by atoms with Crippen LogP contribution in [0.4, 0.5) is 11.5 Å². The zero-order valence-corrected chi connectivity index (χ0v) is 16.2. The number of aryl methyl sites for hydroxylation is 1. The third-order valence-corrected chi connectivity index (χ3v) is 5.35. The van der Waals surface area contributed by atoms with Crippen molar-refractivity contribution in [3.8, 4) is 17.0 Å². The van der Waals surface area contributed by atoms with Gasteiger partial charge >= 0.3 is 0 Å². The number of imidazole rings is 1. The molecule has 4 rings (SSSR count). The van der Waals surface area contributed by atoms with Gasteiger partial charge in [-0.2, -0.15) is 0 Å². The number of hydrogen-bond acceptors (Lipinski definition) is 7. The molecule has 0 aliphatic carbocycles. The largest absolute Gasteiger partial charge is 0.507 e. The summed E-state index contributed by atoms with van der Waals surface area (Å²) in [5.41, 5.74) is 8.27. The summed E-state index contributed by atoms with van der Waals surface area (Å²) in [6, 6.07) is 9.38. The molecule has 3 heterocycles. The highest BCUT2D eigenvalue weighted by atomic mass is 16.3. The minimum absolute atomic E-state index is 0.181. The van der Waals surface area contributed by atoms with Crippen molar-refractivity contribution in [3.05, 3.63) is 48.5 Å². The summed E-state index contributed by atoms with van der Waals surface area (Å²) in [6.45, 7) is 5.61. The van der Waals surface area contributed by atoms with Crippen LogP contribution in [0.5, 0.6) is 5.75 Å². The molecule has 0 spiro atoms. The van der Waals surface area contributed by atoms with E-state index in [1.165, 1.54) is 0 Å². The predicted octanol–water partition coefficient (Wildman–Crippen LogP) is 1.88. The minimum atomic E-state index is 0.181. The van der Waals surface area contributed by atoms with Gasteiger partial charge in [0.25, 0.3) is 0 Å². The van der Waals surface area contributed by atoms with Crippen LogP contribution in [0.3, 0.4) is 0 Å². The Morgan fingerprint density at radius 3 is 2.75 bits per heavy atom. The van der Waals surface area contributed by atoms with Gasteiger partial charge < -0.3 is 20.3 Å². The van der Waals surface area contributed by atoms with Crippen LogP contribution in [0, 0.1) is 0 Å². The number of piperazine rings is 1. The number of nitrogens with two attached hydrogens (primary N) is 1. The van der Waals surface area contributed by atoms with Gasteiger partial charge in [-0.05, 0) is 25.1 Å². The van der Waals surface area contributed by atoms with Crippen molar-refractivity contribution in [2.75, 3.05) is 30.3 Å². The smallest absolute Gasteiger partial charge is 0.169 e. The summed E-state index contributed by atoms with van der Waals surface area (Å²) in [5, 5.41) is 18.4. The second-order valence-corrected chi connectivity index (χ2v) is 7.24. The molecule has 146 valence electrons. The maximum Gasteiger partial charge on any atom is 0.169 e. The van der Waals surface area contributed by atoms with Gasteiger partial charge in [-0.1, -0.05) is 12.1 Å². The Balaban J connectivity index is 1.53. The predicted molar refractivity (Wildman–Crippen MR) is 109 cm³/mol. The highest BCUT2D eigenvalue weighted by molar-refractivity contribution is 5.74. The summed E-state index contributed by atoms with van der Waals surface area (Å²) in [7, 11) is 2.02. The van der Waals surface area contributed by atoms with Crippen LogP contribution in [0.2, 0.25) is 0 Å². The fraction of sp³-hybridized carbons (Fsp3) is 0.350. The molecule has 1 saturated heterocycles. The number of aromatic nitrogens is 4. The molecule has 0 saturated carbocycles. The van der Waals surface area contributed by atoms with Crippen molar-refractivity contribution in [1.82, 2.24) is 24.6 Å². The molecule has 8 heteroatoms. The van der Waals surface area contributed by atoms with E-state index in [1.807, 2.05) is 37.6 Å². The lowest BCUT2D eigenvalue weighted by Crippen LogP contribution is -2.51. The first-order chi connectivity index (χ1) is 13.5. The molecule has 1 atom stereocenters. The van der Waals surface area contributed by atoms with Gasteiger partial charge in [0.2, 0.25) is 0 Å². The summed E-state index contributed by atoms with van der Waals surface area (Å²) in [5.74, 6) is 1.65. The molecule has 0 bridgehead atoms. The molecule has 1 aliphatic heterocycles. The van der Waals surface area contributed by atoms with Crippen LogP contribution >= 0.6 is 0 Å². The van der Waals surface area contributed by atoms with Gasteiger partial charge in [0.05, 0.1) is 17.9 Å². The van der Waals surface area contributed by atoms with Crippen molar-refractivity contribution in [2.24, 2.45) is 7.05 Å². The number of nitrogens with zero attached hydrogens (tertiary/aromatic N) is 6. The van der Waals surface area contributed by atoms with Crippen LogP contribution in [-0.2, 0) is 13.6 Å². The molecule has 28 heavy (non-hydrogen) atoms. The number of phenols is 1. The van der Waals surface area contributed by atoms with Gasteiger partial charge in [0.1, 0.15) is 11.6 Å². The summed E-state index contributed by atoms with van der Waals surface area (Å²) >= 11 is 0. The van der Waals surface area contributed by atoms with Gasteiger partial charge in [-0.25, -0.2) is 4.98 Å². The van der Waals surface area contributed by atoms with Crippen molar-refractivity contribution < 1.29 is 5.11 Å². The molecule has 1 fully saturated rings. The van der Waals surface area contributed by atoms with E-state index in [0.717, 1.165) is 37.7 Å². The lowest BCUT2D eigenvalue weighted by atomic mass is 10.1. The summed E-state index contributed by atoms with van der Waals surface area (Å²) < 4.78 is 2.06. The third-order valence-electron chi connectivity index (χ3n) is 5.35. The van der Waals surface area contributed by atoms with Crippen molar-refractivity contribution in [3.63, 3.8) is 0 Å². The first kappa shape index (κ1) is 18.2. The van der Waals surface area contributed by atoms with E-state index in [9.17, 15) is 5.11 Å². The van der Waals surface area contributed by atoms with E-state index in [0.29, 0.717) is 23.1 Å². The molecule has 2 aromatic heterocycles. The first-order valence-corrected chi connectivity index (χ1v) is 9.39. The molecule has 3 N–H and O–H groups in total. The zero-order valence-electron chi connectivity index (χ0n) is 16.2. The average Bonchev–Trinajstić information content (AvgIpc) is 3.09. The van der Waals surface area contributed by atoms with E-state index < -0.39 is 0 Å². The molecule has 8 nitrogen and oxygen atoms in total. The van der Waals surface area contributed by atoms with E-state index in [1.54, 1.807) is 12.1 Å². The fourth-order valence-corrected chi connectivity index (χ4v) is 3.65. The van der Waals surface area contributed by atoms with Crippen LogP contribution < -0.4 is 10.6 Å². The molecular formula is C20H25N7O. The van der Waals surface area contributed by atoms with E-state index in [4.69, 9.17) is 5.73 Å². The molecule has 0 radical (unpaired) electrons. The number of hydrogen-bond donors (Lipinski definition) is 2.